The summed E-state index contributed by atoms with van der Waals surface area (Å²) in [5, 5.41) is 19.4. The van der Waals surface area contributed by atoms with Crippen molar-refractivity contribution in [3.05, 3.63) is 33.9 Å². The first-order valence-corrected chi connectivity index (χ1v) is 4.87. The predicted octanol–water partition coefficient (Wildman–Crippen LogP) is 1.71. The number of carbonyl (C=O) groups is 1. The number of hydrogen-bond acceptors (Lipinski definition) is 5. The Hall–Kier alpha value is -2.16. The molecule has 0 saturated heterocycles. The molecule has 104 valence electrons. The molecule has 19 heavy (non-hydrogen) atoms. The molecule has 1 aromatic rings. The molecule has 1 N–H and O–H groups in total. The van der Waals surface area contributed by atoms with Gasteiger partial charge in [0.1, 0.15) is 12.9 Å². The van der Waals surface area contributed by atoms with Crippen LogP contribution in [0.15, 0.2) is 18.2 Å². The molecule has 0 amide bonds. The zero-order valence-electron chi connectivity index (χ0n) is 9.26. The summed E-state index contributed by atoms with van der Waals surface area (Å²) in [4.78, 5) is 20.2. The number of halogens is 3. The second kappa shape index (κ2) is 5.65. The lowest BCUT2D eigenvalue weighted by Crippen LogP contribution is -2.34. The van der Waals surface area contributed by atoms with Gasteiger partial charge in [-0.1, -0.05) is 0 Å². The van der Waals surface area contributed by atoms with E-state index in [4.69, 9.17) is 5.11 Å². The van der Waals surface area contributed by atoms with Gasteiger partial charge in [0, 0.05) is 11.6 Å². The Morgan fingerprint density at radius 1 is 1.47 bits per heavy atom. The van der Waals surface area contributed by atoms with Crippen LogP contribution in [0.3, 0.4) is 0 Å². The van der Waals surface area contributed by atoms with E-state index in [0.717, 1.165) is 18.2 Å². The van der Waals surface area contributed by atoms with Crippen molar-refractivity contribution in [3.8, 4) is 5.75 Å². The van der Waals surface area contributed by atoms with Crippen LogP contribution >= 0.6 is 0 Å². The molecular weight excluding hydrogens is 271 g/mol. The molecule has 1 aromatic carbocycles. The minimum absolute atomic E-state index is 0.0181. The molecular formula is C10H8F3NO5. The lowest BCUT2D eigenvalue weighted by atomic mass is 10.2. The molecule has 0 radical (unpaired) electrons. The van der Waals surface area contributed by atoms with Crippen LogP contribution in [0.25, 0.3) is 0 Å². The number of alkyl halides is 3. The molecule has 0 bridgehead atoms. The fraction of sp³-hybridized carbons (Fsp3) is 0.300. The van der Waals surface area contributed by atoms with Crippen LogP contribution in [0, 0.1) is 10.1 Å². The maximum atomic E-state index is 12.0. The number of benzene rings is 1. The number of carbonyl (C=O) groups excluding carboxylic acids is 1. The summed E-state index contributed by atoms with van der Waals surface area (Å²) in [6, 6.07) is 3.00. The van der Waals surface area contributed by atoms with Gasteiger partial charge in [-0.2, -0.15) is 13.2 Å². The molecule has 1 unspecified atom stereocenters. The third-order valence-electron chi connectivity index (χ3n) is 2.09. The van der Waals surface area contributed by atoms with Crippen molar-refractivity contribution in [2.75, 3.05) is 6.61 Å². The highest BCUT2D eigenvalue weighted by Crippen LogP contribution is 2.29. The molecule has 1 rings (SSSR count). The third-order valence-corrected chi connectivity index (χ3v) is 2.09. The first-order valence-electron chi connectivity index (χ1n) is 4.87. The standard InChI is InChI=1S/C10H8F3NO5/c11-10(12,13)9(16)5-19-8-2-1-6(4-15)3-7(8)14(17)18/h1-4,9,16H,5H2. The SMILES string of the molecule is O=Cc1ccc(OCC(O)C(F)(F)F)c([N+](=O)[O-])c1. The van der Waals surface area contributed by atoms with E-state index in [1.165, 1.54) is 0 Å². The number of aliphatic hydroxyl groups excluding tert-OH is 1. The monoisotopic (exact) mass is 279 g/mol. The van der Waals surface area contributed by atoms with Gasteiger partial charge in [0.25, 0.3) is 0 Å². The average Bonchev–Trinajstić information content (AvgIpc) is 2.34. The summed E-state index contributed by atoms with van der Waals surface area (Å²) in [7, 11) is 0. The first-order chi connectivity index (χ1) is 8.75. The molecule has 0 aliphatic heterocycles. The number of hydrogen-bond donors (Lipinski definition) is 1. The van der Waals surface area contributed by atoms with Crippen molar-refractivity contribution in [2.45, 2.75) is 12.3 Å². The highest BCUT2D eigenvalue weighted by atomic mass is 19.4. The Kier molecular flexibility index (Phi) is 4.43. The van der Waals surface area contributed by atoms with E-state index >= 15 is 0 Å². The second-order valence-corrected chi connectivity index (χ2v) is 3.47. The number of aliphatic hydroxyl groups is 1. The number of nitrogens with zero attached hydrogens (tertiary/aromatic N) is 1. The minimum atomic E-state index is -4.88. The van der Waals surface area contributed by atoms with Gasteiger partial charge in [-0.3, -0.25) is 14.9 Å². The molecule has 0 heterocycles. The number of aldehydes is 1. The first kappa shape index (κ1) is 14.9. The Morgan fingerprint density at radius 3 is 2.58 bits per heavy atom. The van der Waals surface area contributed by atoms with Gasteiger partial charge in [-0.25, -0.2) is 0 Å². The van der Waals surface area contributed by atoms with Gasteiger partial charge >= 0.3 is 11.9 Å². The van der Waals surface area contributed by atoms with Crippen LogP contribution < -0.4 is 4.74 Å². The van der Waals surface area contributed by atoms with Crippen molar-refractivity contribution in [3.63, 3.8) is 0 Å². The van der Waals surface area contributed by atoms with Gasteiger partial charge < -0.3 is 9.84 Å². The van der Waals surface area contributed by atoms with Crippen molar-refractivity contribution in [1.29, 1.82) is 0 Å². The highest BCUT2D eigenvalue weighted by Gasteiger charge is 2.39. The summed E-state index contributed by atoms with van der Waals surface area (Å²) < 4.78 is 40.6. The van der Waals surface area contributed by atoms with E-state index in [2.05, 4.69) is 4.74 Å². The van der Waals surface area contributed by atoms with Crippen LogP contribution in [0.1, 0.15) is 10.4 Å². The number of nitro groups is 1. The summed E-state index contributed by atoms with van der Waals surface area (Å²) >= 11 is 0. The molecule has 1 atom stereocenters. The van der Waals surface area contributed by atoms with E-state index in [1.807, 2.05) is 0 Å². The van der Waals surface area contributed by atoms with Crippen LogP contribution in [-0.2, 0) is 0 Å². The topological polar surface area (TPSA) is 89.7 Å². The predicted molar refractivity (Wildman–Crippen MR) is 56.0 cm³/mol. The van der Waals surface area contributed by atoms with Gasteiger partial charge in [0.05, 0.1) is 4.92 Å². The maximum Gasteiger partial charge on any atom is 0.417 e. The molecule has 0 aliphatic rings. The van der Waals surface area contributed by atoms with Gasteiger partial charge in [0.2, 0.25) is 0 Å². The molecule has 0 saturated carbocycles. The Bertz CT molecular complexity index is 489. The molecule has 0 fully saturated rings. The van der Waals surface area contributed by atoms with Crippen LogP contribution in [0.5, 0.6) is 5.75 Å². The van der Waals surface area contributed by atoms with Gasteiger partial charge in [0.15, 0.2) is 11.9 Å². The summed E-state index contributed by atoms with van der Waals surface area (Å²) in [6.45, 7) is -1.18. The fourth-order valence-corrected chi connectivity index (χ4v) is 1.14. The van der Waals surface area contributed by atoms with Crippen molar-refractivity contribution < 1.29 is 32.7 Å². The largest absolute Gasteiger partial charge is 0.484 e. The highest BCUT2D eigenvalue weighted by molar-refractivity contribution is 5.77. The van der Waals surface area contributed by atoms with E-state index in [9.17, 15) is 28.1 Å². The average molecular weight is 279 g/mol. The molecule has 0 aliphatic carbocycles. The molecule has 0 aromatic heterocycles. The Balaban J connectivity index is 2.89. The maximum absolute atomic E-state index is 12.0. The van der Waals surface area contributed by atoms with Crippen LogP contribution in [0.2, 0.25) is 0 Å². The Labute approximate surface area is 104 Å². The van der Waals surface area contributed by atoms with Crippen molar-refractivity contribution in [1.82, 2.24) is 0 Å². The second-order valence-electron chi connectivity index (χ2n) is 3.47. The molecule has 0 spiro atoms. The summed E-state index contributed by atoms with van der Waals surface area (Å²) in [5.41, 5.74) is -0.672. The Morgan fingerprint density at radius 2 is 2.11 bits per heavy atom. The van der Waals surface area contributed by atoms with E-state index in [-0.39, 0.29) is 5.56 Å². The zero-order chi connectivity index (χ0) is 14.6. The van der Waals surface area contributed by atoms with E-state index < -0.39 is 35.2 Å². The van der Waals surface area contributed by atoms with Crippen molar-refractivity contribution >= 4 is 12.0 Å². The molecule has 6 nitrogen and oxygen atoms in total. The number of nitro benzene ring substituents is 1. The smallest absolute Gasteiger partial charge is 0.417 e. The third kappa shape index (κ3) is 3.91. The normalized spacial score (nSPS) is 12.8. The fourth-order valence-electron chi connectivity index (χ4n) is 1.14. The van der Waals surface area contributed by atoms with Gasteiger partial charge in [-0.05, 0) is 12.1 Å². The number of ether oxygens (including phenoxy) is 1. The quantitative estimate of drug-likeness (QED) is 0.503. The lowest BCUT2D eigenvalue weighted by Gasteiger charge is -2.15. The summed E-state index contributed by atoms with van der Waals surface area (Å²) in [5.74, 6) is -0.459. The number of rotatable bonds is 5. The van der Waals surface area contributed by atoms with Gasteiger partial charge in [-0.15, -0.1) is 0 Å². The summed E-state index contributed by atoms with van der Waals surface area (Å²) in [6.07, 6.45) is -7.28. The molecule has 9 heteroatoms. The van der Waals surface area contributed by atoms with E-state index in [1.54, 1.807) is 0 Å². The van der Waals surface area contributed by atoms with Crippen LogP contribution in [0.4, 0.5) is 18.9 Å². The lowest BCUT2D eigenvalue weighted by molar-refractivity contribution is -0.386. The van der Waals surface area contributed by atoms with E-state index in [0.29, 0.717) is 6.29 Å². The van der Waals surface area contributed by atoms with Crippen LogP contribution in [-0.4, -0.2) is 35.2 Å². The zero-order valence-corrected chi connectivity index (χ0v) is 9.26. The minimum Gasteiger partial charge on any atom is -0.484 e. The van der Waals surface area contributed by atoms with Crippen molar-refractivity contribution in [2.24, 2.45) is 0 Å².